The van der Waals surface area contributed by atoms with Crippen LogP contribution in [0.4, 0.5) is 0 Å². The van der Waals surface area contributed by atoms with Gasteiger partial charge in [0.05, 0.1) is 0 Å². The van der Waals surface area contributed by atoms with Crippen molar-refractivity contribution in [3.05, 3.63) is 151 Å². The van der Waals surface area contributed by atoms with Crippen molar-refractivity contribution < 1.29 is 24.2 Å². The number of allylic oxidation sites excluding steroid dienone is 4. The first-order valence-electron chi connectivity index (χ1n) is 15.0. The van der Waals surface area contributed by atoms with E-state index >= 15 is 0 Å². The molecule has 0 aromatic heterocycles. The first-order valence-corrected chi connectivity index (χ1v) is 18.2. The summed E-state index contributed by atoms with van der Waals surface area (Å²) in [6.07, 6.45) is 11.0. The summed E-state index contributed by atoms with van der Waals surface area (Å²) in [6.45, 7) is 17.4. The molecule has 0 heterocycles. The molecular formula is C41H42Cl4Zr-4. The number of aryl methyl sites for hydroxylation is 2. The van der Waals surface area contributed by atoms with Crippen molar-refractivity contribution in [3.8, 4) is 11.1 Å². The Morgan fingerprint density at radius 1 is 0.717 bits per heavy atom. The molecule has 0 bridgehead atoms. The van der Waals surface area contributed by atoms with Crippen LogP contribution in [0.25, 0.3) is 11.1 Å². The zero-order chi connectivity index (χ0) is 34.7. The van der Waals surface area contributed by atoms with Crippen LogP contribution in [0.3, 0.4) is 0 Å². The number of benzene rings is 4. The van der Waals surface area contributed by atoms with Gasteiger partial charge in [0.1, 0.15) is 0 Å². The van der Waals surface area contributed by atoms with E-state index in [1.54, 1.807) is 24.3 Å². The van der Waals surface area contributed by atoms with Crippen LogP contribution in [0, 0.1) is 38.1 Å². The van der Waals surface area contributed by atoms with E-state index in [9.17, 15) is 0 Å². The van der Waals surface area contributed by atoms with Crippen molar-refractivity contribution in [2.75, 3.05) is 0 Å². The Morgan fingerprint density at radius 3 is 1.65 bits per heavy atom. The summed E-state index contributed by atoms with van der Waals surface area (Å²) in [5.41, 5.74) is 10.6. The molecule has 46 heavy (non-hydrogen) atoms. The normalized spacial score (nSPS) is 12.2. The molecular weight excluding hydrogens is 725 g/mol. The van der Waals surface area contributed by atoms with E-state index in [2.05, 4.69) is 106 Å². The molecule has 0 atom stereocenters. The second kappa shape index (κ2) is 18.7. The fraction of sp³-hybridized carbons (Fsp3) is 0.293. The number of hydrogen-bond donors (Lipinski definition) is 0. The van der Waals surface area contributed by atoms with Crippen molar-refractivity contribution in [1.29, 1.82) is 0 Å². The van der Waals surface area contributed by atoms with E-state index in [-0.39, 0.29) is 10.8 Å². The summed E-state index contributed by atoms with van der Waals surface area (Å²) < 4.78 is 3.34. The van der Waals surface area contributed by atoms with Gasteiger partial charge in [-0.2, -0.15) is 101 Å². The SMILES string of the molecule is CC(C)(C)c1[c-]c2c(cc1)-c1ccc(C(C)(C)C)cc1C2.Cc1[c-]cc(Cl)cc1Cl.Cc1[c-]cc(Cl)cc1Cl.[C-]1=CC=CC1.[CH2]=[Zr]. The van der Waals surface area contributed by atoms with E-state index in [1.807, 2.05) is 26.0 Å². The van der Waals surface area contributed by atoms with Gasteiger partial charge < -0.3 is 0 Å². The number of halogens is 4. The maximum atomic E-state index is 5.70. The van der Waals surface area contributed by atoms with Gasteiger partial charge in [-0.05, 0) is 28.4 Å². The van der Waals surface area contributed by atoms with Crippen LogP contribution >= 0.6 is 46.4 Å². The molecule has 4 aromatic carbocycles. The number of rotatable bonds is 0. The molecule has 0 saturated carbocycles. The first kappa shape index (κ1) is 40.4. The molecule has 2 aliphatic carbocycles. The Balaban J connectivity index is 0.000000243. The third-order valence-electron chi connectivity index (χ3n) is 7.15. The van der Waals surface area contributed by atoms with Gasteiger partial charge in [-0.25, -0.2) is 12.2 Å². The fourth-order valence-corrected chi connectivity index (χ4v) is 5.19. The van der Waals surface area contributed by atoms with E-state index in [0.29, 0.717) is 20.1 Å². The molecule has 0 radical (unpaired) electrons. The molecule has 4 aromatic rings. The van der Waals surface area contributed by atoms with Gasteiger partial charge in [-0.1, -0.05) is 99.2 Å². The molecule has 242 valence electrons. The average molecular weight is 768 g/mol. The van der Waals surface area contributed by atoms with Gasteiger partial charge in [-0.3, -0.25) is 6.08 Å². The summed E-state index contributed by atoms with van der Waals surface area (Å²) in [5.74, 6) is 0. The quantitative estimate of drug-likeness (QED) is 0.138. The van der Waals surface area contributed by atoms with Crippen LogP contribution in [0.5, 0.6) is 0 Å². The molecule has 0 N–H and O–H groups in total. The molecule has 0 unspecified atom stereocenters. The van der Waals surface area contributed by atoms with Gasteiger partial charge in [0, 0.05) is 0 Å². The van der Waals surface area contributed by atoms with E-state index in [0.717, 1.165) is 24.0 Å². The molecule has 0 nitrogen and oxygen atoms in total. The summed E-state index contributed by atoms with van der Waals surface area (Å²) in [5, 5.41) is 2.60. The number of fused-ring (bicyclic) bond motifs is 3. The second-order valence-corrected chi connectivity index (χ2v) is 14.6. The van der Waals surface area contributed by atoms with Crippen molar-refractivity contribution in [2.24, 2.45) is 0 Å². The van der Waals surface area contributed by atoms with Crippen LogP contribution in [-0.2, 0) is 41.5 Å². The van der Waals surface area contributed by atoms with Gasteiger partial charge in [-0.15, -0.1) is 40.8 Å². The van der Waals surface area contributed by atoms with Crippen molar-refractivity contribution in [3.63, 3.8) is 0 Å². The molecule has 5 heteroatoms. The Labute approximate surface area is 313 Å². The summed E-state index contributed by atoms with van der Waals surface area (Å²) in [6, 6.07) is 27.8. The van der Waals surface area contributed by atoms with Gasteiger partial charge in [0.2, 0.25) is 0 Å². The monoisotopic (exact) mass is 764 g/mol. The molecule has 0 aliphatic heterocycles. The molecule has 2 aliphatic rings. The zero-order valence-electron chi connectivity index (χ0n) is 28.1. The summed E-state index contributed by atoms with van der Waals surface area (Å²) in [7, 11) is 0. The Kier molecular flexibility index (Phi) is 16.5. The Morgan fingerprint density at radius 2 is 1.26 bits per heavy atom. The second-order valence-electron chi connectivity index (χ2n) is 12.9. The summed E-state index contributed by atoms with van der Waals surface area (Å²) >= 11 is 23.9. The van der Waals surface area contributed by atoms with Crippen LogP contribution in [0.15, 0.2) is 72.8 Å². The van der Waals surface area contributed by atoms with Gasteiger partial charge in [0.15, 0.2) is 0 Å². The molecule has 0 spiro atoms. The predicted molar refractivity (Wildman–Crippen MR) is 200 cm³/mol. The molecule has 0 fully saturated rings. The van der Waals surface area contributed by atoms with E-state index in [4.69, 9.17) is 46.4 Å². The Hall–Kier alpha value is -1.73. The maximum absolute atomic E-state index is 5.70. The van der Waals surface area contributed by atoms with E-state index in [1.165, 1.54) is 57.6 Å². The van der Waals surface area contributed by atoms with Crippen molar-refractivity contribution in [1.82, 2.24) is 0 Å². The van der Waals surface area contributed by atoms with Crippen molar-refractivity contribution in [2.45, 2.75) is 79.1 Å². The fourth-order valence-electron chi connectivity index (χ4n) is 4.40. The zero-order valence-corrected chi connectivity index (χ0v) is 33.5. The minimum absolute atomic E-state index is 0.167. The predicted octanol–water partition coefficient (Wildman–Crippen LogP) is 13.1. The molecule has 6 rings (SSSR count). The first-order chi connectivity index (χ1) is 21.6. The average Bonchev–Trinajstić information content (AvgIpc) is 3.69. The van der Waals surface area contributed by atoms with Gasteiger partial charge >= 0.3 is 28.4 Å². The van der Waals surface area contributed by atoms with E-state index < -0.39 is 0 Å². The van der Waals surface area contributed by atoms with Crippen molar-refractivity contribution >= 4 is 50.6 Å². The summed E-state index contributed by atoms with van der Waals surface area (Å²) in [4.78, 5) is 0. The topological polar surface area (TPSA) is 0 Å². The minimum atomic E-state index is 0.167. The Bertz CT molecular complexity index is 1530. The van der Waals surface area contributed by atoms with Crippen LogP contribution in [0.2, 0.25) is 20.1 Å². The molecule has 0 amide bonds. The van der Waals surface area contributed by atoms with Crippen LogP contribution in [0.1, 0.15) is 81.3 Å². The standard InChI is InChI=1S/C21H25.2C7H5Cl2.C5H5.CH2.Zr/c1-20(2,3)16-7-9-18-14(12-16)11-15-13-17(21(4,5)6)8-10-19(15)18;2*1-5-2-3-6(8)4-7(5)9;1-2-4-5-3-1;;/h7-10,12H,11H2,1-6H3;2*3-4H,1H3;1-3H,4H2;1H2;/q4*-1;;. The molecule has 0 saturated heterocycles. The van der Waals surface area contributed by atoms with Gasteiger partial charge in [0.25, 0.3) is 0 Å². The third-order valence-corrected chi connectivity index (χ3v) is 8.37. The van der Waals surface area contributed by atoms with Crippen LogP contribution < -0.4 is 0 Å². The number of hydrogen-bond acceptors (Lipinski definition) is 0. The third kappa shape index (κ3) is 12.7. The van der Waals surface area contributed by atoms with Crippen LogP contribution in [-0.4, -0.2) is 4.21 Å².